The maximum Gasteiger partial charge on any atom is 0.251 e. The summed E-state index contributed by atoms with van der Waals surface area (Å²) in [7, 11) is 0. The molecule has 4 aromatic rings. The van der Waals surface area contributed by atoms with Crippen molar-refractivity contribution in [3.05, 3.63) is 102 Å². The smallest absolute Gasteiger partial charge is 0.251 e. The van der Waals surface area contributed by atoms with Gasteiger partial charge in [0.2, 0.25) is 5.91 Å². The fraction of sp³-hybridized carbons (Fsp3) is 0.351. The minimum Gasteiger partial charge on any atom is -0.494 e. The van der Waals surface area contributed by atoms with Crippen LogP contribution in [0.5, 0.6) is 5.75 Å². The van der Waals surface area contributed by atoms with E-state index in [1.165, 1.54) is 25.7 Å². The van der Waals surface area contributed by atoms with Gasteiger partial charge in [-0.15, -0.1) is 0 Å². The van der Waals surface area contributed by atoms with Crippen molar-refractivity contribution in [3.63, 3.8) is 0 Å². The molecule has 230 valence electrons. The third-order valence-corrected chi connectivity index (χ3v) is 7.67. The van der Waals surface area contributed by atoms with Crippen LogP contribution in [0.1, 0.15) is 81.3 Å². The normalized spacial score (nSPS) is 12.0. The lowest BCUT2D eigenvalue weighted by molar-refractivity contribution is -0.119. The number of ether oxygens (including phenoxy) is 1. The van der Waals surface area contributed by atoms with E-state index in [4.69, 9.17) is 10.5 Å². The fourth-order valence-corrected chi connectivity index (χ4v) is 4.88. The lowest BCUT2D eigenvalue weighted by Crippen LogP contribution is -2.45. The molecule has 3 N–H and O–H groups in total. The van der Waals surface area contributed by atoms with Gasteiger partial charge in [0.25, 0.3) is 5.91 Å². The lowest BCUT2D eigenvalue weighted by atomic mass is 9.86. The molecule has 0 aliphatic rings. The number of hydrogen-bond acceptors (Lipinski definition) is 5. The number of primary amides is 1. The molecule has 7 nitrogen and oxygen atoms in total. The summed E-state index contributed by atoms with van der Waals surface area (Å²) in [6.45, 7) is 9.31. The van der Waals surface area contributed by atoms with Gasteiger partial charge in [-0.25, -0.2) is 9.97 Å². The van der Waals surface area contributed by atoms with Gasteiger partial charge in [-0.3, -0.25) is 9.59 Å². The summed E-state index contributed by atoms with van der Waals surface area (Å²) in [5, 5.41) is 2.78. The number of nitrogens with two attached hydrogens (primary N) is 1. The van der Waals surface area contributed by atoms with Crippen LogP contribution in [0.3, 0.4) is 0 Å². The maximum atomic E-state index is 12.8. The van der Waals surface area contributed by atoms with Gasteiger partial charge in [0.15, 0.2) is 5.82 Å². The number of unbranched alkanes of at least 4 members (excludes halogenated alkanes) is 4. The topological polar surface area (TPSA) is 107 Å². The number of hydrogen-bond donors (Lipinski definition) is 2. The first-order chi connectivity index (χ1) is 21.1. The Morgan fingerprint density at radius 1 is 0.795 bits per heavy atom. The third kappa shape index (κ3) is 9.24. The number of carbonyl (C=O) groups excluding carboxylic acids is 2. The molecule has 1 atom stereocenters. The first-order valence-corrected chi connectivity index (χ1v) is 15.5. The molecule has 2 amide bonds. The van der Waals surface area contributed by atoms with Crippen LogP contribution >= 0.6 is 0 Å². The van der Waals surface area contributed by atoms with Crippen molar-refractivity contribution in [1.82, 2.24) is 15.3 Å². The van der Waals surface area contributed by atoms with Gasteiger partial charge in [-0.05, 0) is 52.8 Å². The number of carbonyl (C=O) groups is 2. The van der Waals surface area contributed by atoms with Crippen LogP contribution in [-0.4, -0.2) is 34.4 Å². The lowest BCUT2D eigenvalue weighted by Gasteiger charge is -2.19. The number of rotatable bonds is 14. The van der Waals surface area contributed by atoms with E-state index in [0.717, 1.165) is 46.6 Å². The van der Waals surface area contributed by atoms with E-state index in [1.807, 2.05) is 73.1 Å². The van der Waals surface area contributed by atoms with Gasteiger partial charge in [0.05, 0.1) is 6.61 Å². The fourth-order valence-electron chi connectivity index (χ4n) is 4.88. The first kappa shape index (κ1) is 32.4. The molecule has 1 aromatic heterocycles. The number of aromatic nitrogens is 2. The Kier molecular flexibility index (Phi) is 11.2. The molecule has 1 heterocycles. The molecule has 3 aromatic carbocycles. The zero-order valence-corrected chi connectivity index (χ0v) is 26.3. The van der Waals surface area contributed by atoms with Crippen LogP contribution in [0.15, 0.2) is 85.2 Å². The van der Waals surface area contributed by atoms with Crippen LogP contribution < -0.4 is 15.8 Å². The summed E-state index contributed by atoms with van der Waals surface area (Å²) in [6, 6.07) is 22.2. The van der Waals surface area contributed by atoms with E-state index in [1.54, 1.807) is 12.1 Å². The highest BCUT2D eigenvalue weighted by Gasteiger charge is 2.21. The van der Waals surface area contributed by atoms with Crippen molar-refractivity contribution in [2.24, 2.45) is 5.73 Å². The van der Waals surface area contributed by atoms with Crippen molar-refractivity contribution in [2.75, 3.05) is 6.61 Å². The summed E-state index contributed by atoms with van der Waals surface area (Å²) < 4.78 is 5.88. The Hall–Kier alpha value is -4.52. The van der Waals surface area contributed by atoms with Crippen molar-refractivity contribution in [2.45, 2.75) is 77.7 Å². The summed E-state index contributed by atoms with van der Waals surface area (Å²) in [4.78, 5) is 34.2. The minimum absolute atomic E-state index is 0.0152. The molecule has 0 spiro atoms. The Balaban J connectivity index is 1.32. The van der Waals surface area contributed by atoms with E-state index in [-0.39, 0.29) is 17.7 Å². The maximum absolute atomic E-state index is 12.8. The van der Waals surface area contributed by atoms with Crippen molar-refractivity contribution < 1.29 is 14.3 Å². The van der Waals surface area contributed by atoms with Crippen LogP contribution in [0.4, 0.5) is 0 Å². The summed E-state index contributed by atoms with van der Waals surface area (Å²) in [6.07, 6.45) is 9.98. The minimum atomic E-state index is -0.839. The van der Waals surface area contributed by atoms with Crippen LogP contribution in [0.25, 0.3) is 22.5 Å². The van der Waals surface area contributed by atoms with Gasteiger partial charge in [0, 0.05) is 35.5 Å². The van der Waals surface area contributed by atoms with E-state index in [9.17, 15) is 9.59 Å². The highest BCUT2D eigenvalue weighted by Crippen LogP contribution is 2.24. The summed E-state index contributed by atoms with van der Waals surface area (Å²) in [5.41, 5.74) is 10.9. The predicted octanol–water partition coefficient (Wildman–Crippen LogP) is 7.28. The molecule has 4 rings (SSSR count). The van der Waals surface area contributed by atoms with Crippen molar-refractivity contribution in [3.8, 4) is 28.3 Å². The van der Waals surface area contributed by atoms with Crippen LogP contribution in [0.2, 0.25) is 0 Å². The monoisotopic (exact) mass is 592 g/mol. The third-order valence-electron chi connectivity index (χ3n) is 7.67. The van der Waals surface area contributed by atoms with Crippen LogP contribution in [0, 0.1) is 0 Å². The molecule has 0 bridgehead atoms. The average molecular weight is 593 g/mol. The molecular weight excluding hydrogens is 548 g/mol. The van der Waals surface area contributed by atoms with Crippen molar-refractivity contribution in [1.29, 1.82) is 0 Å². The Labute approximate surface area is 261 Å². The SMILES string of the molecule is CCCCCCCOc1ccc(-c2cnc(-c3ccc(CC(NC(=O)c4ccc(C(C)(C)C)cc4)C(N)=O)cc3)nc2)cc1. The Morgan fingerprint density at radius 2 is 1.41 bits per heavy atom. The zero-order chi connectivity index (χ0) is 31.5. The van der Waals surface area contributed by atoms with Crippen LogP contribution in [-0.2, 0) is 16.6 Å². The molecule has 1 unspecified atom stereocenters. The summed E-state index contributed by atoms with van der Waals surface area (Å²) >= 11 is 0. The van der Waals surface area contributed by atoms with Gasteiger partial charge in [-0.2, -0.15) is 0 Å². The Morgan fingerprint density at radius 3 is 2.00 bits per heavy atom. The first-order valence-electron chi connectivity index (χ1n) is 15.5. The average Bonchev–Trinajstić information content (AvgIpc) is 3.03. The molecule has 0 saturated heterocycles. The molecule has 0 aliphatic carbocycles. The molecule has 44 heavy (non-hydrogen) atoms. The molecular formula is C37H44N4O3. The second-order valence-electron chi connectivity index (χ2n) is 12.2. The second kappa shape index (κ2) is 15.3. The van der Waals surface area contributed by atoms with E-state index < -0.39 is 11.9 Å². The van der Waals surface area contributed by atoms with Gasteiger partial charge in [0.1, 0.15) is 11.8 Å². The van der Waals surface area contributed by atoms with Gasteiger partial charge in [-0.1, -0.05) is 102 Å². The predicted molar refractivity (Wildman–Crippen MR) is 176 cm³/mol. The molecule has 0 radical (unpaired) electrons. The zero-order valence-electron chi connectivity index (χ0n) is 26.3. The quantitative estimate of drug-likeness (QED) is 0.150. The number of amides is 2. The van der Waals surface area contributed by atoms with Crippen molar-refractivity contribution >= 4 is 11.8 Å². The standard InChI is InChI=1S/C37H44N4O3/c1-5-6-7-8-9-22-44-32-20-16-27(17-21-32)30-24-39-35(40-25-30)28-12-10-26(11-13-28)23-33(34(38)42)41-36(43)29-14-18-31(19-15-29)37(2,3)4/h10-21,24-25,33H,5-9,22-23H2,1-4H3,(H2,38,42)(H,41,43). The summed E-state index contributed by atoms with van der Waals surface area (Å²) in [5.74, 6) is 0.547. The Bertz CT molecular complexity index is 1490. The highest BCUT2D eigenvalue weighted by atomic mass is 16.5. The number of benzene rings is 3. The number of nitrogens with one attached hydrogen (secondary N) is 1. The van der Waals surface area contributed by atoms with Gasteiger partial charge >= 0.3 is 0 Å². The largest absolute Gasteiger partial charge is 0.494 e. The van der Waals surface area contributed by atoms with Gasteiger partial charge < -0.3 is 15.8 Å². The molecule has 0 saturated carbocycles. The molecule has 7 heteroatoms. The highest BCUT2D eigenvalue weighted by molar-refractivity contribution is 5.97. The van der Waals surface area contributed by atoms with E-state index in [2.05, 4.69) is 43.0 Å². The van der Waals surface area contributed by atoms with E-state index >= 15 is 0 Å². The number of nitrogens with zero attached hydrogens (tertiary/aromatic N) is 2. The second-order valence-corrected chi connectivity index (χ2v) is 12.2. The molecule has 0 aliphatic heterocycles. The van der Waals surface area contributed by atoms with E-state index in [0.29, 0.717) is 11.4 Å². The molecule has 0 fully saturated rings.